The number of pyridine rings is 1. The van der Waals surface area contributed by atoms with Crippen LogP contribution in [0.4, 0.5) is 5.69 Å². The first-order chi connectivity index (χ1) is 23.6. The summed E-state index contributed by atoms with van der Waals surface area (Å²) in [5.74, 6) is -0.180. The number of rotatable bonds is 6. The van der Waals surface area contributed by atoms with Crippen molar-refractivity contribution in [3.05, 3.63) is 98.1 Å². The number of fused-ring (bicyclic) bond motifs is 1. The van der Waals surface area contributed by atoms with E-state index in [0.29, 0.717) is 47.6 Å². The van der Waals surface area contributed by atoms with Gasteiger partial charge < -0.3 is 15.1 Å². The van der Waals surface area contributed by atoms with E-state index in [4.69, 9.17) is 0 Å². The number of carbonyl (C=O) groups excluding carboxylic acids is 3. The van der Waals surface area contributed by atoms with Crippen LogP contribution in [0.2, 0.25) is 0 Å². The normalized spacial score (nSPS) is 22.3. The van der Waals surface area contributed by atoms with Gasteiger partial charge in [0.25, 0.3) is 11.5 Å². The monoisotopic (exact) mass is 725 g/mol. The maximum atomic E-state index is 13.5. The van der Waals surface area contributed by atoms with Gasteiger partial charge in [0.1, 0.15) is 4.47 Å². The fraction of sp³-hybridized carbons (Fsp3) is 0.405. The Hall–Kier alpha value is -4.42. The Morgan fingerprint density at radius 3 is 2.43 bits per heavy atom. The molecule has 4 aromatic rings. The van der Waals surface area contributed by atoms with Crippen LogP contribution >= 0.6 is 15.9 Å². The Kier molecular flexibility index (Phi) is 9.34. The zero-order chi connectivity index (χ0) is 34.2. The summed E-state index contributed by atoms with van der Waals surface area (Å²) in [7, 11) is 3.74. The molecule has 3 fully saturated rings. The maximum absolute atomic E-state index is 13.5. The fourth-order valence-electron chi connectivity index (χ4n) is 7.73. The van der Waals surface area contributed by atoms with Gasteiger partial charge in [-0.1, -0.05) is 24.3 Å². The van der Waals surface area contributed by atoms with Gasteiger partial charge >= 0.3 is 0 Å². The van der Waals surface area contributed by atoms with Crippen LogP contribution in [-0.2, 0) is 16.6 Å². The zero-order valence-electron chi connectivity index (χ0n) is 27.7. The molecule has 0 bridgehead atoms. The number of likely N-dealkylation sites (N-methyl/N-ethyl adjacent to an activating group) is 1. The summed E-state index contributed by atoms with van der Waals surface area (Å²) in [5, 5.41) is 12.1. The SMILES string of the molecule is CN1CC(Nc2cnn(C)c(=O)c2Br)CC(c2ccc(C(=O)N3CCC(c4ccc5c(C6CCC(=O)NC6=O)cncc5c4)CC3)cc2)C1. The van der Waals surface area contributed by atoms with Crippen LogP contribution in [0, 0.1) is 0 Å². The molecule has 7 rings (SSSR count). The molecule has 3 aliphatic rings. The predicted molar refractivity (Wildman–Crippen MR) is 191 cm³/mol. The largest absolute Gasteiger partial charge is 0.379 e. The average molecular weight is 727 g/mol. The van der Waals surface area contributed by atoms with Gasteiger partial charge in [0.2, 0.25) is 11.8 Å². The summed E-state index contributed by atoms with van der Waals surface area (Å²) < 4.78 is 1.79. The zero-order valence-corrected chi connectivity index (χ0v) is 29.3. The van der Waals surface area contributed by atoms with Crippen LogP contribution in [0.3, 0.4) is 0 Å². The Labute approximate surface area is 293 Å². The number of imide groups is 1. The van der Waals surface area contributed by atoms with Crippen molar-refractivity contribution in [1.29, 1.82) is 0 Å². The molecule has 2 aromatic heterocycles. The Morgan fingerprint density at radius 1 is 0.918 bits per heavy atom. The molecule has 0 aliphatic carbocycles. The number of hydrogen-bond acceptors (Lipinski definition) is 8. The van der Waals surface area contributed by atoms with Crippen molar-refractivity contribution in [2.75, 3.05) is 38.5 Å². The van der Waals surface area contributed by atoms with Crippen molar-refractivity contribution in [3.8, 4) is 0 Å². The first kappa shape index (κ1) is 33.1. The first-order valence-electron chi connectivity index (χ1n) is 16.9. The third-order valence-electron chi connectivity index (χ3n) is 10.4. The molecule has 11 nitrogen and oxygen atoms in total. The quantitative estimate of drug-likeness (QED) is 0.278. The number of nitrogens with one attached hydrogen (secondary N) is 2. The third-order valence-corrected chi connectivity index (χ3v) is 11.1. The van der Waals surface area contributed by atoms with Gasteiger partial charge in [-0.05, 0) is 101 Å². The van der Waals surface area contributed by atoms with Crippen LogP contribution in [0.15, 0.2) is 70.3 Å². The van der Waals surface area contributed by atoms with E-state index < -0.39 is 0 Å². The lowest BCUT2D eigenvalue weighted by Crippen LogP contribution is -2.43. The number of hydrogen-bond donors (Lipinski definition) is 2. The van der Waals surface area contributed by atoms with Crippen molar-refractivity contribution >= 4 is 50.1 Å². The molecule has 3 amide bonds. The Morgan fingerprint density at radius 2 is 1.67 bits per heavy atom. The van der Waals surface area contributed by atoms with Crippen LogP contribution in [0.5, 0.6) is 0 Å². The number of likely N-dealkylation sites (tertiary alicyclic amines) is 2. The minimum atomic E-state index is -0.376. The summed E-state index contributed by atoms with van der Waals surface area (Å²) in [6, 6.07) is 14.6. The number of amides is 3. The van der Waals surface area contributed by atoms with E-state index in [0.717, 1.165) is 48.7 Å². The van der Waals surface area contributed by atoms with Crippen LogP contribution in [0.25, 0.3) is 10.8 Å². The van der Waals surface area contributed by atoms with Gasteiger partial charge in [0, 0.05) is 69.0 Å². The summed E-state index contributed by atoms with van der Waals surface area (Å²) in [6.07, 6.45) is 8.73. The highest BCUT2D eigenvalue weighted by molar-refractivity contribution is 9.10. The molecular formula is C37H40BrN7O4. The average Bonchev–Trinajstić information content (AvgIpc) is 3.11. The van der Waals surface area contributed by atoms with Crippen LogP contribution in [-0.4, -0.2) is 81.6 Å². The van der Waals surface area contributed by atoms with E-state index in [1.165, 1.54) is 15.8 Å². The van der Waals surface area contributed by atoms with Gasteiger partial charge in [0.05, 0.1) is 17.8 Å². The molecule has 0 saturated carbocycles. The summed E-state index contributed by atoms with van der Waals surface area (Å²) in [6.45, 7) is 3.14. The van der Waals surface area contributed by atoms with E-state index in [1.54, 1.807) is 19.4 Å². The molecule has 2 aromatic carbocycles. The minimum Gasteiger partial charge on any atom is -0.379 e. The molecule has 0 spiro atoms. The number of carbonyl (C=O) groups is 3. The molecule has 254 valence electrons. The Bertz CT molecular complexity index is 1970. The number of aromatic nitrogens is 3. The van der Waals surface area contributed by atoms with E-state index in [2.05, 4.69) is 78.9 Å². The van der Waals surface area contributed by atoms with Crippen molar-refractivity contribution in [3.63, 3.8) is 0 Å². The van der Waals surface area contributed by atoms with E-state index in [1.807, 2.05) is 23.2 Å². The van der Waals surface area contributed by atoms with Crippen LogP contribution < -0.4 is 16.2 Å². The summed E-state index contributed by atoms with van der Waals surface area (Å²) >= 11 is 3.42. The predicted octanol–water partition coefficient (Wildman–Crippen LogP) is 4.53. The standard InChI is InChI=1S/C37H40BrN7O4/c1-43-20-27(16-28(21-43)41-32-19-40-44(2)37(49)34(32)38)22-3-5-24(6-4-22)36(48)45-13-11-23(12-14-45)25-7-8-29-26(15-25)17-39-18-31(29)30-9-10-33(46)42-35(30)47/h3-8,15,17-19,23,27-28,30,41H,9-14,16,20-21H2,1-2H3,(H,42,46,47). The molecule has 3 aliphatic heterocycles. The molecule has 2 N–H and O–H groups in total. The van der Waals surface area contributed by atoms with Crippen molar-refractivity contribution in [2.45, 2.75) is 55.9 Å². The molecule has 5 heterocycles. The maximum Gasteiger partial charge on any atom is 0.282 e. The van der Waals surface area contributed by atoms with Gasteiger partial charge in [-0.3, -0.25) is 29.5 Å². The number of nitrogens with zero attached hydrogens (tertiary/aromatic N) is 5. The van der Waals surface area contributed by atoms with Gasteiger partial charge in [-0.2, -0.15) is 5.10 Å². The number of aryl methyl sites for hydroxylation is 1. The number of piperidine rings is 3. The molecule has 3 unspecified atom stereocenters. The van der Waals surface area contributed by atoms with Crippen LogP contribution in [0.1, 0.15) is 76.9 Å². The molecule has 0 radical (unpaired) electrons. The molecule has 12 heteroatoms. The molecule has 49 heavy (non-hydrogen) atoms. The topological polar surface area (TPSA) is 130 Å². The number of benzene rings is 2. The fourth-order valence-corrected chi connectivity index (χ4v) is 8.21. The Balaban J connectivity index is 0.969. The van der Waals surface area contributed by atoms with Gasteiger partial charge in [0.15, 0.2) is 0 Å². The second-order valence-corrected chi connectivity index (χ2v) is 14.5. The lowest BCUT2D eigenvalue weighted by molar-refractivity contribution is -0.134. The first-order valence-corrected chi connectivity index (χ1v) is 17.7. The smallest absolute Gasteiger partial charge is 0.282 e. The van der Waals surface area contributed by atoms with E-state index in [-0.39, 0.29) is 41.2 Å². The van der Waals surface area contributed by atoms with Crippen molar-refractivity contribution in [2.24, 2.45) is 7.05 Å². The lowest BCUT2D eigenvalue weighted by atomic mass is 9.85. The molecular weight excluding hydrogens is 686 g/mol. The minimum absolute atomic E-state index is 0.0601. The van der Waals surface area contributed by atoms with E-state index >= 15 is 0 Å². The van der Waals surface area contributed by atoms with Crippen molar-refractivity contribution < 1.29 is 14.4 Å². The summed E-state index contributed by atoms with van der Waals surface area (Å²) in [5.41, 5.74) is 4.50. The van der Waals surface area contributed by atoms with Gasteiger partial charge in [-0.15, -0.1) is 0 Å². The lowest BCUT2D eigenvalue weighted by Gasteiger charge is -2.37. The molecule has 3 saturated heterocycles. The third kappa shape index (κ3) is 6.89. The van der Waals surface area contributed by atoms with Crippen molar-refractivity contribution in [1.82, 2.24) is 29.9 Å². The number of anilines is 1. The highest BCUT2D eigenvalue weighted by Crippen LogP contribution is 2.35. The highest BCUT2D eigenvalue weighted by Gasteiger charge is 2.31. The second-order valence-electron chi connectivity index (χ2n) is 13.7. The summed E-state index contributed by atoms with van der Waals surface area (Å²) in [4.78, 5) is 58.7. The van der Waals surface area contributed by atoms with E-state index in [9.17, 15) is 19.2 Å². The highest BCUT2D eigenvalue weighted by atomic mass is 79.9. The van der Waals surface area contributed by atoms with Gasteiger partial charge in [-0.25, -0.2) is 4.68 Å². The number of halogens is 1. The molecule has 3 atom stereocenters. The second kappa shape index (κ2) is 13.8.